The van der Waals surface area contributed by atoms with E-state index in [2.05, 4.69) is 10.1 Å². The van der Waals surface area contributed by atoms with E-state index >= 15 is 0 Å². The molecular weight excluding hydrogens is 468 g/mol. The molecule has 0 bridgehead atoms. The molecule has 9 nitrogen and oxygen atoms in total. The van der Waals surface area contributed by atoms with E-state index in [9.17, 15) is 13.2 Å². The van der Waals surface area contributed by atoms with Gasteiger partial charge in [0.05, 0.1) is 17.6 Å². The standard InChI is InChI=1S/C25H28N4O5S/c1-33-22-7-3-2-6-21(22)24-26-23(27-34-24)18-8-10-20(11-9-18)35(31,32)29-16-12-19(13-17-29)25(30)28-14-4-5-15-28/h2-3,6-11,19H,4-5,12-17H2,1H3. The van der Waals surface area contributed by atoms with Crippen molar-refractivity contribution < 1.29 is 22.5 Å². The zero-order valence-electron chi connectivity index (χ0n) is 19.6. The molecule has 3 aromatic rings. The van der Waals surface area contributed by atoms with Gasteiger partial charge in [-0.05, 0) is 62.1 Å². The van der Waals surface area contributed by atoms with Crippen LogP contribution in [-0.2, 0) is 14.8 Å². The van der Waals surface area contributed by atoms with Crippen molar-refractivity contribution in [3.05, 3.63) is 48.5 Å². The molecule has 1 aromatic heterocycles. The number of rotatable bonds is 6. The summed E-state index contributed by atoms with van der Waals surface area (Å²) in [5, 5.41) is 4.04. The Morgan fingerprint density at radius 3 is 2.37 bits per heavy atom. The second kappa shape index (κ2) is 9.79. The van der Waals surface area contributed by atoms with Crippen molar-refractivity contribution in [1.29, 1.82) is 0 Å². The van der Waals surface area contributed by atoms with Gasteiger partial charge in [0.1, 0.15) is 5.75 Å². The first-order valence-corrected chi connectivity index (χ1v) is 13.3. The monoisotopic (exact) mass is 496 g/mol. The minimum absolute atomic E-state index is 0.0856. The van der Waals surface area contributed by atoms with Crippen molar-refractivity contribution in [2.24, 2.45) is 5.92 Å². The number of nitrogens with zero attached hydrogens (tertiary/aromatic N) is 4. The number of sulfonamides is 1. The number of aromatic nitrogens is 2. The third kappa shape index (κ3) is 4.68. The van der Waals surface area contributed by atoms with Gasteiger partial charge in [0.25, 0.3) is 5.89 Å². The fourth-order valence-corrected chi connectivity index (χ4v) is 6.21. The summed E-state index contributed by atoms with van der Waals surface area (Å²) < 4.78 is 38.6. The zero-order valence-corrected chi connectivity index (χ0v) is 20.4. The number of carbonyl (C=O) groups excluding carboxylic acids is 1. The van der Waals surface area contributed by atoms with Crippen LogP contribution in [0, 0.1) is 5.92 Å². The van der Waals surface area contributed by atoms with Crippen molar-refractivity contribution in [2.45, 2.75) is 30.6 Å². The molecule has 0 aliphatic carbocycles. The Morgan fingerprint density at radius 2 is 1.69 bits per heavy atom. The number of hydrogen-bond donors (Lipinski definition) is 0. The lowest BCUT2D eigenvalue weighted by molar-refractivity contribution is -0.135. The van der Waals surface area contributed by atoms with Gasteiger partial charge in [0.2, 0.25) is 21.8 Å². The Hall–Kier alpha value is -3.24. The molecule has 2 aliphatic heterocycles. The Bertz CT molecular complexity index is 1290. The SMILES string of the molecule is COc1ccccc1-c1nc(-c2ccc(S(=O)(=O)N3CCC(C(=O)N4CCCC4)CC3)cc2)no1. The lowest BCUT2D eigenvalue weighted by Crippen LogP contribution is -2.43. The molecule has 0 unspecified atom stereocenters. The molecule has 0 spiro atoms. The second-order valence-corrected chi connectivity index (χ2v) is 10.8. The molecule has 0 N–H and O–H groups in total. The smallest absolute Gasteiger partial charge is 0.262 e. The van der Waals surface area contributed by atoms with Gasteiger partial charge in [0.15, 0.2) is 0 Å². The van der Waals surface area contributed by atoms with E-state index in [4.69, 9.17) is 9.26 Å². The van der Waals surface area contributed by atoms with E-state index in [0.29, 0.717) is 54.5 Å². The number of benzene rings is 2. The number of carbonyl (C=O) groups is 1. The van der Waals surface area contributed by atoms with Gasteiger partial charge in [0, 0.05) is 37.7 Å². The van der Waals surface area contributed by atoms with Gasteiger partial charge < -0.3 is 14.2 Å². The number of hydrogen-bond acceptors (Lipinski definition) is 7. The summed E-state index contributed by atoms with van der Waals surface area (Å²) in [4.78, 5) is 19.2. The van der Waals surface area contributed by atoms with Crippen LogP contribution in [0.2, 0.25) is 0 Å². The maximum atomic E-state index is 13.2. The van der Waals surface area contributed by atoms with Gasteiger partial charge in [-0.2, -0.15) is 9.29 Å². The van der Waals surface area contributed by atoms with Gasteiger partial charge in [-0.1, -0.05) is 17.3 Å². The Labute approximate surface area is 204 Å². The van der Waals surface area contributed by atoms with Crippen LogP contribution in [0.1, 0.15) is 25.7 Å². The molecule has 35 heavy (non-hydrogen) atoms. The summed E-state index contributed by atoms with van der Waals surface area (Å²) in [5.41, 5.74) is 1.32. The predicted molar refractivity (Wildman–Crippen MR) is 129 cm³/mol. The van der Waals surface area contributed by atoms with Gasteiger partial charge in [-0.15, -0.1) is 0 Å². The zero-order chi connectivity index (χ0) is 24.4. The highest BCUT2D eigenvalue weighted by Gasteiger charge is 2.34. The number of ether oxygens (including phenoxy) is 1. The number of para-hydroxylation sites is 1. The Kier molecular flexibility index (Phi) is 6.57. The predicted octanol–water partition coefficient (Wildman–Crippen LogP) is 3.44. The summed E-state index contributed by atoms with van der Waals surface area (Å²) in [6.45, 7) is 2.35. The largest absolute Gasteiger partial charge is 0.496 e. The van der Waals surface area contributed by atoms with Crippen LogP contribution in [-0.4, -0.2) is 67.0 Å². The van der Waals surface area contributed by atoms with Gasteiger partial charge in [-0.25, -0.2) is 8.42 Å². The molecule has 1 amide bonds. The highest BCUT2D eigenvalue weighted by molar-refractivity contribution is 7.89. The minimum Gasteiger partial charge on any atom is -0.496 e. The fraction of sp³-hybridized carbons (Fsp3) is 0.400. The van der Waals surface area contributed by atoms with E-state index < -0.39 is 10.0 Å². The maximum Gasteiger partial charge on any atom is 0.262 e. The number of methoxy groups -OCH3 is 1. The molecule has 10 heteroatoms. The summed E-state index contributed by atoms with van der Waals surface area (Å²) in [7, 11) is -2.08. The molecule has 0 radical (unpaired) electrons. The van der Waals surface area contributed by atoms with E-state index in [1.807, 2.05) is 29.2 Å². The summed E-state index contributed by atoms with van der Waals surface area (Å²) >= 11 is 0. The molecule has 2 fully saturated rings. The quantitative estimate of drug-likeness (QED) is 0.515. The van der Waals surface area contributed by atoms with E-state index in [1.165, 1.54) is 4.31 Å². The van der Waals surface area contributed by atoms with Crippen molar-refractivity contribution >= 4 is 15.9 Å². The molecule has 2 aromatic carbocycles. The number of piperidine rings is 1. The lowest BCUT2D eigenvalue weighted by atomic mass is 9.97. The van der Waals surface area contributed by atoms with Crippen LogP contribution in [0.3, 0.4) is 0 Å². The Morgan fingerprint density at radius 1 is 1.00 bits per heavy atom. The van der Waals surface area contributed by atoms with E-state index in [-0.39, 0.29) is 16.7 Å². The second-order valence-electron chi connectivity index (χ2n) is 8.86. The third-order valence-corrected chi connectivity index (χ3v) is 8.65. The first kappa shape index (κ1) is 23.5. The normalized spacial score (nSPS) is 17.6. The van der Waals surface area contributed by atoms with Crippen LogP contribution >= 0.6 is 0 Å². The fourth-order valence-electron chi connectivity index (χ4n) is 4.74. The molecule has 2 saturated heterocycles. The molecule has 2 aliphatic rings. The first-order chi connectivity index (χ1) is 17.0. The molecule has 0 saturated carbocycles. The van der Waals surface area contributed by atoms with E-state index in [0.717, 1.165) is 25.9 Å². The third-order valence-electron chi connectivity index (χ3n) is 6.73. The molecule has 0 atom stereocenters. The van der Waals surface area contributed by atoms with Crippen molar-refractivity contribution in [1.82, 2.24) is 19.3 Å². The minimum atomic E-state index is -3.65. The maximum absolute atomic E-state index is 13.2. The topological polar surface area (TPSA) is 106 Å². The number of likely N-dealkylation sites (tertiary alicyclic amines) is 1. The molecule has 3 heterocycles. The van der Waals surface area contributed by atoms with Gasteiger partial charge >= 0.3 is 0 Å². The summed E-state index contributed by atoms with van der Waals surface area (Å²) in [5.74, 6) is 1.39. The van der Waals surface area contributed by atoms with Crippen LogP contribution < -0.4 is 4.74 Å². The van der Waals surface area contributed by atoms with Crippen LogP contribution in [0.25, 0.3) is 22.8 Å². The highest BCUT2D eigenvalue weighted by atomic mass is 32.2. The molecule has 5 rings (SSSR count). The number of amides is 1. The average Bonchev–Trinajstić information content (AvgIpc) is 3.61. The van der Waals surface area contributed by atoms with Crippen LogP contribution in [0.5, 0.6) is 5.75 Å². The van der Waals surface area contributed by atoms with E-state index in [1.54, 1.807) is 31.4 Å². The van der Waals surface area contributed by atoms with Crippen LogP contribution in [0.15, 0.2) is 57.9 Å². The van der Waals surface area contributed by atoms with Crippen molar-refractivity contribution in [3.8, 4) is 28.6 Å². The van der Waals surface area contributed by atoms with Crippen molar-refractivity contribution in [2.75, 3.05) is 33.3 Å². The Balaban J connectivity index is 1.26. The van der Waals surface area contributed by atoms with Crippen molar-refractivity contribution in [3.63, 3.8) is 0 Å². The first-order valence-electron chi connectivity index (χ1n) is 11.8. The summed E-state index contributed by atoms with van der Waals surface area (Å²) in [6.07, 6.45) is 3.23. The molecule has 184 valence electrons. The average molecular weight is 497 g/mol. The van der Waals surface area contributed by atoms with Crippen LogP contribution in [0.4, 0.5) is 0 Å². The summed E-state index contributed by atoms with van der Waals surface area (Å²) in [6, 6.07) is 13.8. The lowest BCUT2D eigenvalue weighted by Gasteiger charge is -2.32. The van der Waals surface area contributed by atoms with Gasteiger partial charge in [-0.3, -0.25) is 4.79 Å². The highest BCUT2D eigenvalue weighted by Crippen LogP contribution is 2.31. The molecular formula is C25H28N4O5S.